The summed E-state index contributed by atoms with van der Waals surface area (Å²) in [6.45, 7) is 4.43. The molecule has 0 spiro atoms. The van der Waals surface area contributed by atoms with Gasteiger partial charge in [-0.2, -0.15) is 11.8 Å². The highest BCUT2D eigenvalue weighted by atomic mass is 35.5. The third kappa shape index (κ3) is 5.59. The van der Waals surface area contributed by atoms with Gasteiger partial charge in [0, 0.05) is 16.8 Å². The first-order valence-electron chi connectivity index (χ1n) is 6.22. The van der Waals surface area contributed by atoms with Gasteiger partial charge in [0.25, 0.3) is 0 Å². The topological polar surface area (TPSA) is 12.0 Å². The lowest BCUT2D eigenvalue weighted by atomic mass is 10.1. The van der Waals surface area contributed by atoms with Gasteiger partial charge in [0.15, 0.2) is 0 Å². The van der Waals surface area contributed by atoms with Crippen molar-refractivity contribution in [1.29, 1.82) is 0 Å². The fourth-order valence-corrected chi connectivity index (χ4v) is 3.03. The van der Waals surface area contributed by atoms with E-state index in [9.17, 15) is 4.39 Å². The lowest BCUT2D eigenvalue weighted by Gasteiger charge is -2.17. The van der Waals surface area contributed by atoms with Crippen LogP contribution in [0.5, 0.6) is 0 Å². The Bertz CT molecular complexity index is 371. The smallest absolute Gasteiger partial charge is 0.123 e. The van der Waals surface area contributed by atoms with E-state index in [-0.39, 0.29) is 5.82 Å². The Morgan fingerprint density at radius 3 is 2.67 bits per heavy atom. The molecule has 0 fully saturated rings. The maximum absolute atomic E-state index is 13.2. The highest BCUT2D eigenvalue weighted by Gasteiger charge is 2.11. The van der Waals surface area contributed by atoms with E-state index in [4.69, 9.17) is 11.6 Å². The lowest BCUT2D eigenvalue weighted by Crippen LogP contribution is -2.30. The molecule has 0 heterocycles. The minimum Gasteiger partial charge on any atom is -0.316 e. The molecule has 0 aliphatic carbocycles. The van der Waals surface area contributed by atoms with Gasteiger partial charge in [0.2, 0.25) is 0 Å². The summed E-state index contributed by atoms with van der Waals surface area (Å²) in [6, 6.07) is 4.88. The summed E-state index contributed by atoms with van der Waals surface area (Å²) in [5, 5.41) is 3.91. The first-order chi connectivity index (χ1) is 8.52. The standard InChI is InChI=1S/C14H21ClFNS/c1-10(2)8-18-9-13(17-3)7-11-6-12(16)4-5-14(11)15/h4-6,10,13,17H,7-9H2,1-3H3. The molecule has 1 nitrogen and oxygen atoms in total. The molecule has 1 aromatic rings. The second kappa shape index (κ2) is 8.03. The number of thioether (sulfide) groups is 1. The van der Waals surface area contributed by atoms with Crippen molar-refractivity contribution in [2.75, 3.05) is 18.6 Å². The summed E-state index contributed by atoms with van der Waals surface area (Å²) in [5.74, 6) is 2.64. The van der Waals surface area contributed by atoms with Crippen molar-refractivity contribution in [3.63, 3.8) is 0 Å². The maximum atomic E-state index is 13.2. The Morgan fingerprint density at radius 2 is 2.06 bits per heavy atom. The minimum absolute atomic E-state index is 0.223. The monoisotopic (exact) mass is 289 g/mol. The van der Waals surface area contributed by atoms with Crippen molar-refractivity contribution < 1.29 is 4.39 Å². The van der Waals surface area contributed by atoms with Gasteiger partial charge in [-0.05, 0) is 48.9 Å². The van der Waals surface area contributed by atoms with Crippen LogP contribution in [0.3, 0.4) is 0 Å². The molecule has 0 saturated carbocycles. The molecule has 0 amide bonds. The number of hydrogen-bond acceptors (Lipinski definition) is 2. The highest BCUT2D eigenvalue weighted by Crippen LogP contribution is 2.20. The molecule has 1 N–H and O–H groups in total. The molecule has 1 aromatic carbocycles. The molecule has 0 aliphatic heterocycles. The predicted molar refractivity (Wildman–Crippen MR) is 80.1 cm³/mol. The van der Waals surface area contributed by atoms with Crippen LogP contribution in [0.4, 0.5) is 4.39 Å². The molecule has 1 rings (SSSR count). The van der Waals surface area contributed by atoms with Crippen molar-refractivity contribution in [1.82, 2.24) is 5.32 Å². The van der Waals surface area contributed by atoms with E-state index in [2.05, 4.69) is 19.2 Å². The second-order valence-electron chi connectivity index (χ2n) is 4.86. The summed E-state index contributed by atoms with van der Waals surface area (Å²) in [5.41, 5.74) is 0.876. The molecule has 0 saturated heterocycles. The molecule has 18 heavy (non-hydrogen) atoms. The zero-order valence-corrected chi connectivity index (χ0v) is 12.7. The van der Waals surface area contributed by atoms with Gasteiger partial charge in [-0.3, -0.25) is 0 Å². The normalized spacial score (nSPS) is 13.0. The van der Waals surface area contributed by atoms with E-state index in [0.29, 0.717) is 17.0 Å². The number of rotatable bonds is 7. The molecule has 4 heteroatoms. The van der Waals surface area contributed by atoms with Crippen LogP contribution < -0.4 is 5.32 Å². The molecule has 102 valence electrons. The first-order valence-corrected chi connectivity index (χ1v) is 7.75. The average Bonchev–Trinajstić information content (AvgIpc) is 2.32. The van der Waals surface area contributed by atoms with Crippen molar-refractivity contribution >= 4 is 23.4 Å². The van der Waals surface area contributed by atoms with Crippen LogP contribution in [0.25, 0.3) is 0 Å². The lowest BCUT2D eigenvalue weighted by molar-refractivity contribution is 0.602. The van der Waals surface area contributed by atoms with Gasteiger partial charge >= 0.3 is 0 Å². The number of nitrogens with one attached hydrogen (secondary N) is 1. The van der Waals surface area contributed by atoms with E-state index in [0.717, 1.165) is 23.5 Å². The molecule has 1 atom stereocenters. The average molecular weight is 290 g/mol. The number of hydrogen-bond donors (Lipinski definition) is 1. The minimum atomic E-state index is -0.223. The largest absolute Gasteiger partial charge is 0.316 e. The van der Waals surface area contributed by atoms with Crippen LogP contribution in [0.2, 0.25) is 5.02 Å². The number of halogens is 2. The highest BCUT2D eigenvalue weighted by molar-refractivity contribution is 7.99. The Balaban J connectivity index is 2.54. The third-order valence-corrected chi connectivity index (χ3v) is 4.56. The van der Waals surface area contributed by atoms with E-state index in [1.807, 2.05) is 18.8 Å². The van der Waals surface area contributed by atoms with E-state index < -0.39 is 0 Å². The van der Waals surface area contributed by atoms with Crippen molar-refractivity contribution in [3.8, 4) is 0 Å². The van der Waals surface area contributed by atoms with Gasteiger partial charge in [0.1, 0.15) is 5.82 Å². The second-order valence-corrected chi connectivity index (χ2v) is 6.34. The van der Waals surface area contributed by atoms with Crippen LogP contribution in [0, 0.1) is 11.7 Å². The summed E-state index contributed by atoms with van der Waals surface area (Å²) >= 11 is 8.00. The zero-order chi connectivity index (χ0) is 13.5. The van der Waals surface area contributed by atoms with Gasteiger partial charge < -0.3 is 5.32 Å². The SMILES string of the molecule is CNC(CSCC(C)C)Cc1cc(F)ccc1Cl. The molecule has 0 radical (unpaired) electrons. The fraction of sp³-hybridized carbons (Fsp3) is 0.571. The van der Waals surface area contributed by atoms with E-state index in [1.54, 1.807) is 6.07 Å². The molecular weight excluding hydrogens is 269 g/mol. The van der Waals surface area contributed by atoms with Crippen molar-refractivity contribution in [3.05, 3.63) is 34.6 Å². The number of benzene rings is 1. The molecular formula is C14H21ClFNS. The van der Waals surface area contributed by atoms with Crippen LogP contribution >= 0.6 is 23.4 Å². The van der Waals surface area contributed by atoms with Gasteiger partial charge in [-0.1, -0.05) is 25.4 Å². The van der Waals surface area contributed by atoms with Gasteiger partial charge in [-0.25, -0.2) is 4.39 Å². The van der Waals surface area contributed by atoms with Gasteiger partial charge in [-0.15, -0.1) is 0 Å². The van der Waals surface area contributed by atoms with Crippen LogP contribution in [0.15, 0.2) is 18.2 Å². The maximum Gasteiger partial charge on any atom is 0.123 e. The summed E-state index contributed by atoms with van der Waals surface area (Å²) in [7, 11) is 1.94. The van der Waals surface area contributed by atoms with Crippen LogP contribution in [-0.2, 0) is 6.42 Å². The third-order valence-electron chi connectivity index (χ3n) is 2.65. The Kier molecular flexibility index (Phi) is 7.05. The van der Waals surface area contributed by atoms with Gasteiger partial charge in [0.05, 0.1) is 0 Å². The Hall–Kier alpha value is -0.250. The molecule has 1 unspecified atom stereocenters. The fourth-order valence-electron chi connectivity index (χ4n) is 1.66. The molecule has 0 aromatic heterocycles. The van der Waals surface area contributed by atoms with E-state index >= 15 is 0 Å². The summed E-state index contributed by atoms with van der Waals surface area (Å²) in [4.78, 5) is 0. The molecule has 0 bridgehead atoms. The van der Waals surface area contributed by atoms with Crippen LogP contribution in [0.1, 0.15) is 19.4 Å². The number of likely N-dealkylation sites (N-methyl/N-ethyl adjacent to an activating group) is 1. The van der Waals surface area contributed by atoms with Crippen molar-refractivity contribution in [2.24, 2.45) is 5.92 Å². The first kappa shape index (κ1) is 15.8. The van der Waals surface area contributed by atoms with Crippen LogP contribution in [-0.4, -0.2) is 24.6 Å². The summed E-state index contributed by atoms with van der Waals surface area (Å²) < 4.78 is 13.2. The zero-order valence-electron chi connectivity index (χ0n) is 11.2. The van der Waals surface area contributed by atoms with E-state index in [1.165, 1.54) is 12.1 Å². The summed E-state index contributed by atoms with van der Waals surface area (Å²) in [6.07, 6.45) is 0.762. The Morgan fingerprint density at radius 1 is 1.33 bits per heavy atom. The predicted octanol–water partition coefficient (Wildman–Crippen LogP) is 4.00. The quantitative estimate of drug-likeness (QED) is 0.814. The Labute approximate surface area is 118 Å². The van der Waals surface area contributed by atoms with Crippen molar-refractivity contribution in [2.45, 2.75) is 26.3 Å². The molecule has 0 aliphatic rings.